The highest BCUT2D eigenvalue weighted by atomic mass is 35.5. The molecule has 3 aromatic rings. The molecule has 28 heavy (non-hydrogen) atoms. The molecule has 1 aromatic heterocycles. The number of rotatable bonds is 4. The Morgan fingerprint density at radius 3 is 2.68 bits per heavy atom. The van der Waals surface area contributed by atoms with E-state index < -0.39 is 0 Å². The van der Waals surface area contributed by atoms with Gasteiger partial charge < -0.3 is 5.32 Å². The van der Waals surface area contributed by atoms with E-state index in [1.54, 1.807) is 22.8 Å². The van der Waals surface area contributed by atoms with Crippen molar-refractivity contribution in [3.05, 3.63) is 75.4 Å². The van der Waals surface area contributed by atoms with Gasteiger partial charge in [0.05, 0.1) is 12.2 Å². The van der Waals surface area contributed by atoms with E-state index in [1.807, 2.05) is 30.3 Å². The van der Waals surface area contributed by atoms with Crippen molar-refractivity contribution in [2.75, 3.05) is 11.9 Å². The SMILES string of the molecule is CC(=O)Nc1ccc(CN2CCn3c(nn(-c4cccc(Cl)c4)c3=O)C2)cc1. The van der Waals surface area contributed by atoms with Crippen LogP contribution in [0.2, 0.25) is 5.02 Å². The number of hydrogen-bond acceptors (Lipinski definition) is 4. The Morgan fingerprint density at radius 1 is 1.18 bits per heavy atom. The van der Waals surface area contributed by atoms with E-state index >= 15 is 0 Å². The quantitative estimate of drug-likeness (QED) is 0.734. The standard InChI is InChI=1S/C20H20ClN5O2/c1-14(27)22-17-7-5-15(6-8-17)12-24-9-10-25-19(13-24)23-26(20(25)28)18-4-2-3-16(21)11-18/h2-8,11H,9-10,12-13H2,1H3,(H,22,27). The first-order valence-electron chi connectivity index (χ1n) is 9.03. The third-order valence-corrected chi connectivity index (χ3v) is 4.91. The van der Waals surface area contributed by atoms with Crippen LogP contribution in [0, 0.1) is 0 Å². The van der Waals surface area contributed by atoms with Crippen LogP contribution < -0.4 is 11.0 Å². The number of nitrogens with zero attached hydrogens (tertiary/aromatic N) is 4. The molecule has 144 valence electrons. The molecule has 0 bridgehead atoms. The van der Waals surface area contributed by atoms with Crippen LogP contribution in [-0.4, -0.2) is 31.7 Å². The van der Waals surface area contributed by atoms with Crippen molar-refractivity contribution in [1.82, 2.24) is 19.2 Å². The van der Waals surface area contributed by atoms with E-state index in [2.05, 4.69) is 15.3 Å². The second kappa shape index (κ2) is 7.61. The highest BCUT2D eigenvalue weighted by molar-refractivity contribution is 6.30. The van der Waals surface area contributed by atoms with E-state index in [4.69, 9.17) is 11.6 Å². The van der Waals surface area contributed by atoms with Crippen LogP contribution in [0.1, 0.15) is 18.3 Å². The molecule has 4 rings (SSSR count). The van der Waals surface area contributed by atoms with Crippen molar-refractivity contribution in [3.8, 4) is 5.69 Å². The van der Waals surface area contributed by atoms with Crippen LogP contribution in [0.25, 0.3) is 5.69 Å². The minimum absolute atomic E-state index is 0.0861. The monoisotopic (exact) mass is 397 g/mol. The van der Waals surface area contributed by atoms with E-state index in [1.165, 1.54) is 11.6 Å². The number of aromatic nitrogens is 3. The number of carbonyl (C=O) groups excluding carboxylic acids is 1. The van der Waals surface area contributed by atoms with Crippen molar-refractivity contribution < 1.29 is 4.79 Å². The topological polar surface area (TPSA) is 72.2 Å². The Bertz CT molecular complexity index is 1070. The Morgan fingerprint density at radius 2 is 1.96 bits per heavy atom. The summed E-state index contributed by atoms with van der Waals surface area (Å²) >= 11 is 6.04. The molecule has 0 fully saturated rings. The number of anilines is 1. The predicted molar refractivity (Wildman–Crippen MR) is 108 cm³/mol. The largest absolute Gasteiger partial charge is 0.350 e. The minimum Gasteiger partial charge on any atom is -0.326 e. The molecule has 0 saturated carbocycles. The fourth-order valence-corrected chi connectivity index (χ4v) is 3.55. The molecule has 0 radical (unpaired) electrons. The van der Waals surface area contributed by atoms with Gasteiger partial charge >= 0.3 is 5.69 Å². The van der Waals surface area contributed by atoms with E-state index in [0.29, 0.717) is 23.8 Å². The van der Waals surface area contributed by atoms with Crippen molar-refractivity contribution in [3.63, 3.8) is 0 Å². The fourth-order valence-electron chi connectivity index (χ4n) is 3.37. The number of halogens is 1. The normalized spacial score (nSPS) is 13.9. The molecule has 1 N–H and O–H groups in total. The molecule has 1 amide bonds. The maximum Gasteiger partial charge on any atom is 0.350 e. The Hall–Kier alpha value is -2.90. The smallest absolute Gasteiger partial charge is 0.326 e. The highest BCUT2D eigenvalue weighted by Crippen LogP contribution is 2.17. The summed E-state index contributed by atoms with van der Waals surface area (Å²) in [5, 5.41) is 7.85. The zero-order chi connectivity index (χ0) is 19.7. The van der Waals surface area contributed by atoms with E-state index in [9.17, 15) is 9.59 Å². The lowest BCUT2D eigenvalue weighted by molar-refractivity contribution is -0.114. The number of fused-ring (bicyclic) bond motifs is 1. The van der Waals surface area contributed by atoms with Crippen LogP contribution in [0.4, 0.5) is 5.69 Å². The van der Waals surface area contributed by atoms with Crippen molar-refractivity contribution >= 4 is 23.2 Å². The average molecular weight is 398 g/mol. The summed E-state index contributed by atoms with van der Waals surface area (Å²) in [6.07, 6.45) is 0. The molecule has 0 unspecified atom stereocenters. The van der Waals surface area contributed by atoms with Gasteiger partial charge in [-0.05, 0) is 35.9 Å². The lowest BCUT2D eigenvalue weighted by Crippen LogP contribution is -2.37. The van der Waals surface area contributed by atoms with Gasteiger partial charge in [0.15, 0.2) is 0 Å². The molecule has 8 heteroatoms. The number of hydrogen-bond donors (Lipinski definition) is 1. The maximum absolute atomic E-state index is 12.7. The molecule has 0 saturated heterocycles. The Balaban J connectivity index is 1.50. The van der Waals surface area contributed by atoms with Crippen molar-refractivity contribution in [2.24, 2.45) is 0 Å². The Labute approximate surface area is 167 Å². The summed E-state index contributed by atoms with van der Waals surface area (Å²) in [6, 6.07) is 14.9. The van der Waals surface area contributed by atoms with Gasteiger partial charge in [-0.25, -0.2) is 4.79 Å². The molecular weight excluding hydrogens is 378 g/mol. The zero-order valence-electron chi connectivity index (χ0n) is 15.4. The first-order valence-corrected chi connectivity index (χ1v) is 9.41. The van der Waals surface area contributed by atoms with Crippen molar-refractivity contribution in [2.45, 2.75) is 26.6 Å². The van der Waals surface area contributed by atoms with Gasteiger partial charge in [-0.3, -0.25) is 14.3 Å². The lowest BCUT2D eigenvalue weighted by Gasteiger charge is -2.26. The fraction of sp³-hybridized carbons (Fsp3) is 0.250. The summed E-state index contributed by atoms with van der Waals surface area (Å²) in [6.45, 7) is 4.19. The second-order valence-electron chi connectivity index (χ2n) is 6.83. The van der Waals surface area contributed by atoms with Gasteiger partial charge in [0.2, 0.25) is 5.91 Å². The maximum atomic E-state index is 12.7. The molecule has 0 spiro atoms. The molecule has 0 atom stereocenters. The minimum atomic E-state index is -0.142. The van der Waals surface area contributed by atoms with Gasteiger partial charge in [-0.15, -0.1) is 5.10 Å². The number of benzene rings is 2. The molecule has 1 aliphatic heterocycles. The Kier molecular flexibility index (Phi) is 5.02. The van der Waals surface area contributed by atoms with Crippen LogP contribution in [-0.2, 0) is 24.4 Å². The van der Waals surface area contributed by atoms with Crippen LogP contribution in [0.3, 0.4) is 0 Å². The summed E-state index contributed by atoms with van der Waals surface area (Å²) in [7, 11) is 0. The third kappa shape index (κ3) is 3.85. The molecule has 2 aromatic carbocycles. The summed E-state index contributed by atoms with van der Waals surface area (Å²) < 4.78 is 3.13. The van der Waals surface area contributed by atoms with Gasteiger partial charge in [-0.1, -0.05) is 29.8 Å². The van der Waals surface area contributed by atoms with Gasteiger partial charge in [0.25, 0.3) is 0 Å². The molecular formula is C20H20ClN5O2. The average Bonchev–Trinajstić information content (AvgIpc) is 2.99. The number of nitrogens with one attached hydrogen (secondary N) is 1. The molecule has 0 aliphatic carbocycles. The highest BCUT2D eigenvalue weighted by Gasteiger charge is 2.22. The van der Waals surface area contributed by atoms with Crippen LogP contribution >= 0.6 is 11.6 Å². The number of carbonyl (C=O) groups is 1. The predicted octanol–water partition coefficient (Wildman–Crippen LogP) is 2.66. The van der Waals surface area contributed by atoms with Gasteiger partial charge in [0.1, 0.15) is 5.82 Å². The van der Waals surface area contributed by atoms with E-state index in [0.717, 1.165) is 30.2 Å². The van der Waals surface area contributed by atoms with E-state index in [-0.39, 0.29) is 11.6 Å². The zero-order valence-corrected chi connectivity index (χ0v) is 16.2. The summed E-state index contributed by atoms with van der Waals surface area (Å²) in [5.41, 5.74) is 2.44. The van der Waals surface area contributed by atoms with Gasteiger partial charge in [0, 0.05) is 37.3 Å². The first-order chi connectivity index (χ1) is 13.5. The molecule has 7 nitrogen and oxygen atoms in total. The number of amides is 1. The van der Waals surface area contributed by atoms with Crippen molar-refractivity contribution in [1.29, 1.82) is 0 Å². The lowest BCUT2D eigenvalue weighted by atomic mass is 10.2. The molecule has 2 heterocycles. The summed E-state index contributed by atoms with van der Waals surface area (Å²) in [5.74, 6) is 0.656. The third-order valence-electron chi connectivity index (χ3n) is 4.68. The van der Waals surface area contributed by atoms with Crippen LogP contribution in [0.5, 0.6) is 0 Å². The second-order valence-corrected chi connectivity index (χ2v) is 7.27. The molecule has 1 aliphatic rings. The first kappa shape index (κ1) is 18.5. The van der Waals surface area contributed by atoms with Gasteiger partial charge in [-0.2, -0.15) is 4.68 Å². The summed E-state index contributed by atoms with van der Waals surface area (Å²) in [4.78, 5) is 26.0. The van der Waals surface area contributed by atoms with Crippen LogP contribution in [0.15, 0.2) is 53.3 Å².